The molecule has 2 aromatic rings. The molecule has 0 radical (unpaired) electrons. The Balaban J connectivity index is 2.32. The summed E-state index contributed by atoms with van der Waals surface area (Å²) in [5.74, 6) is -6.54. The third-order valence-corrected chi connectivity index (χ3v) is 3.71. The summed E-state index contributed by atoms with van der Waals surface area (Å²) in [5.41, 5.74) is 1.20. The van der Waals surface area contributed by atoms with E-state index >= 15 is 0 Å². The predicted molar refractivity (Wildman–Crippen MR) is 79.0 cm³/mol. The molecule has 0 aliphatic rings. The second-order valence-electron chi connectivity index (χ2n) is 5.19. The average molecular weight is 320 g/mol. The van der Waals surface area contributed by atoms with Crippen LogP contribution in [-0.2, 0) is 9.59 Å². The van der Waals surface area contributed by atoms with Gasteiger partial charge in [0.1, 0.15) is 11.6 Å². The fourth-order valence-corrected chi connectivity index (χ4v) is 2.42. The molecule has 2 rings (SSSR count). The second-order valence-corrected chi connectivity index (χ2v) is 5.19. The number of carboxylic acid groups (broad SMARTS) is 2. The molecule has 0 saturated carbocycles. The number of hydrogen-bond acceptors (Lipinski definition) is 2. The van der Waals surface area contributed by atoms with Gasteiger partial charge in [-0.25, -0.2) is 8.78 Å². The summed E-state index contributed by atoms with van der Waals surface area (Å²) in [6.07, 6.45) is 0. The summed E-state index contributed by atoms with van der Waals surface area (Å²) in [4.78, 5) is 22.1. The highest BCUT2D eigenvalue weighted by molar-refractivity contribution is 5.94. The van der Waals surface area contributed by atoms with Crippen molar-refractivity contribution in [1.29, 1.82) is 0 Å². The van der Waals surface area contributed by atoms with Gasteiger partial charge in [-0.15, -0.1) is 0 Å². The van der Waals surface area contributed by atoms with E-state index in [-0.39, 0.29) is 5.56 Å². The molecule has 0 bridgehead atoms. The Labute approximate surface area is 131 Å². The molecule has 23 heavy (non-hydrogen) atoms. The van der Waals surface area contributed by atoms with Crippen LogP contribution in [0.15, 0.2) is 42.5 Å². The minimum Gasteiger partial charge on any atom is -0.481 e. The zero-order valence-electron chi connectivity index (χ0n) is 12.2. The lowest BCUT2D eigenvalue weighted by Crippen LogP contribution is -2.28. The maximum Gasteiger partial charge on any atom is 0.318 e. The molecule has 0 heterocycles. The van der Waals surface area contributed by atoms with Crippen LogP contribution in [-0.4, -0.2) is 22.2 Å². The Morgan fingerprint density at radius 3 is 2.00 bits per heavy atom. The second kappa shape index (κ2) is 6.56. The van der Waals surface area contributed by atoms with Crippen molar-refractivity contribution < 1.29 is 28.6 Å². The molecule has 0 aliphatic heterocycles. The van der Waals surface area contributed by atoms with E-state index in [4.69, 9.17) is 10.2 Å². The van der Waals surface area contributed by atoms with E-state index in [0.29, 0.717) is 11.1 Å². The fraction of sp³-hybridized carbons (Fsp3) is 0.176. The van der Waals surface area contributed by atoms with E-state index in [9.17, 15) is 18.4 Å². The highest BCUT2D eigenvalue weighted by atomic mass is 19.1. The van der Waals surface area contributed by atoms with Gasteiger partial charge in [-0.05, 0) is 23.3 Å². The van der Waals surface area contributed by atoms with E-state index in [2.05, 4.69) is 0 Å². The first-order valence-corrected chi connectivity index (χ1v) is 6.82. The zero-order valence-corrected chi connectivity index (χ0v) is 12.2. The van der Waals surface area contributed by atoms with Gasteiger partial charge in [0, 0.05) is 17.5 Å². The van der Waals surface area contributed by atoms with Crippen molar-refractivity contribution in [3.05, 3.63) is 59.7 Å². The van der Waals surface area contributed by atoms with Crippen LogP contribution in [0.2, 0.25) is 0 Å². The first-order chi connectivity index (χ1) is 10.8. The van der Waals surface area contributed by atoms with E-state index in [1.807, 2.05) is 0 Å². The van der Waals surface area contributed by atoms with Crippen LogP contribution in [0.4, 0.5) is 8.78 Å². The molecule has 4 nitrogen and oxygen atoms in total. The topological polar surface area (TPSA) is 74.6 Å². The zero-order chi connectivity index (χ0) is 17.1. The number of benzene rings is 2. The molecule has 0 spiro atoms. The van der Waals surface area contributed by atoms with Gasteiger partial charge in [-0.2, -0.15) is 0 Å². The molecule has 0 aromatic heterocycles. The van der Waals surface area contributed by atoms with E-state index in [1.54, 1.807) is 24.3 Å². The van der Waals surface area contributed by atoms with Gasteiger partial charge in [-0.1, -0.05) is 31.2 Å². The normalized spacial score (nSPS) is 12.2. The molecule has 0 aliphatic carbocycles. The maximum atomic E-state index is 13.7. The Morgan fingerprint density at radius 1 is 0.957 bits per heavy atom. The Kier molecular flexibility index (Phi) is 4.74. The summed E-state index contributed by atoms with van der Waals surface area (Å²) >= 11 is 0. The molecule has 120 valence electrons. The summed E-state index contributed by atoms with van der Waals surface area (Å²) < 4.78 is 26.7. The molecule has 2 N–H and O–H groups in total. The number of hydrogen-bond donors (Lipinski definition) is 2. The largest absolute Gasteiger partial charge is 0.481 e. The maximum absolute atomic E-state index is 13.7. The molecule has 0 saturated heterocycles. The van der Waals surface area contributed by atoms with Crippen LogP contribution < -0.4 is 0 Å². The van der Waals surface area contributed by atoms with Crippen LogP contribution in [0.25, 0.3) is 11.1 Å². The SMILES string of the molecule is CC(c1ccc(-c2ccc(F)cc2F)cc1)C(C(=O)O)C(=O)O. The fourth-order valence-electron chi connectivity index (χ4n) is 2.42. The number of halogens is 2. The van der Waals surface area contributed by atoms with Gasteiger partial charge >= 0.3 is 11.9 Å². The van der Waals surface area contributed by atoms with E-state index in [0.717, 1.165) is 12.1 Å². The van der Waals surface area contributed by atoms with Crippen molar-refractivity contribution >= 4 is 11.9 Å². The van der Waals surface area contributed by atoms with Gasteiger partial charge < -0.3 is 10.2 Å². The van der Waals surface area contributed by atoms with Crippen molar-refractivity contribution in [1.82, 2.24) is 0 Å². The number of rotatable bonds is 5. The van der Waals surface area contributed by atoms with E-state index in [1.165, 1.54) is 13.0 Å². The number of carbonyl (C=O) groups is 2. The van der Waals surface area contributed by atoms with Crippen LogP contribution in [0.3, 0.4) is 0 Å². The van der Waals surface area contributed by atoms with Gasteiger partial charge in [0.25, 0.3) is 0 Å². The summed E-state index contributed by atoms with van der Waals surface area (Å²) in [7, 11) is 0. The molecule has 0 amide bonds. The third kappa shape index (κ3) is 3.53. The molecule has 1 unspecified atom stereocenters. The van der Waals surface area contributed by atoms with Gasteiger partial charge in [0.05, 0.1) is 0 Å². The highest BCUT2D eigenvalue weighted by Gasteiger charge is 2.32. The van der Waals surface area contributed by atoms with Crippen LogP contribution in [0.5, 0.6) is 0 Å². The number of aliphatic carboxylic acids is 2. The lowest BCUT2D eigenvalue weighted by Gasteiger charge is -2.17. The van der Waals surface area contributed by atoms with E-state index < -0.39 is 35.4 Å². The van der Waals surface area contributed by atoms with Crippen molar-refractivity contribution in [3.8, 4) is 11.1 Å². The smallest absolute Gasteiger partial charge is 0.318 e. The number of carboxylic acids is 2. The first kappa shape index (κ1) is 16.6. The Bertz CT molecular complexity index is 727. The average Bonchev–Trinajstić information content (AvgIpc) is 2.46. The molecule has 2 aromatic carbocycles. The van der Waals surface area contributed by atoms with Crippen LogP contribution >= 0.6 is 0 Å². The van der Waals surface area contributed by atoms with Crippen LogP contribution in [0, 0.1) is 17.6 Å². The quantitative estimate of drug-likeness (QED) is 0.827. The molecule has 6 heteroatoms. The van der Waals surface area contributed by atoms with Gasteiger partial charge in [0.15, 0.2) is 5.92 Å². The minimum atomic E-state index is -1.57. The Hall–Kier alpha value is -2.76. The summed E-state index contributed by atoms with van der Waals surface area (Å²) in [6.45, 7) is 1.50. The summed E-state index contributed by atoms with van der Waals surface area (Å²) in [6, 6.07) is 9.40. The van der Waals surface area contributed by atoms with Crippen LogP contribution in [0.1, 0.15) is 18.4 Å². The van der Waals surface area contributed by atoms with Gasteiger partial charge in [0.2, 0.25) is 0 Å². The minimum absolute atomic E-state index is 0.207. The lowest BCUT2D eigenvalue weighted by atomic mass is 9.87. The summed E-state index contributed by atoms with van der Waals surface area (Å²) in [5, 5.41) is 18.0. The van der Waals surface area contributed by atoms with Crippen molar-refractivity contribution in [2.24, 2.45) is 5.92 Å². The molecule has 1 atom stereocenters. The van der Waals surface area contributed by atoms with Crippen molar-refractivity contribution in [2.45, 2.75) is 12.8 Å². The van der Waals surface area contributed by atoms with Crippen molar-refractivity contribution in [2.75, 3.05) is 0 Å². The standard InChI is InChI=1S/C17H14F2O4/c1-9(15(16(20)21)17(22)23)10-2-4-11(5-3-10)13-7-6-12(18)8-14(13)19/h2-9,15H,1H3,(H,20,21)(H,22,23). The predicted octanol–water partition coefficient (Wildman–Crippen LogP) is 3.52. The Morgan fingerprint density at radius 2 is 1.52 bits per heavy atom. The monoisotopic (exact) mass is 320 g/mol. The third-order valence-electron chi connectivity index (χ3n) is 3.71. The lowest BCUT2D eigenvalue weighted by molar-refractivity contribution is -0.155. The first-order valence-electron chi connectivity index (χ1n) is 6.82. The van der Waals surface area contributed by atoms with Crippen molar-refractivity contribution in [3.63, 3.8) is 0 Å². The molecule has 0 fully saturated rings. The molecular weight excluding hydrogens is 306 g/mol. The molecular formula is C17H14F2O4. The van der Waals surface area contributed by atoms with Gasteiger partial charge in [-0.3, -0.25) is 9.59 Å². The highest BCUT2D eigenvalue weighted by Crippen LogP contribution is 2.29.